The molecule has 0 aromatic heterocycles. The molecule has 0 saturated heterocycles. The lowest BCUT2D eigenvalue weighted by Gasteiger charge is -1.69. The Kier molecular flexibility index (Phi) is 8.77. The lowest BCUT2D eigenvalue weighted by Crippen LogP contribution is -2.30. The SMILES string of the molecule is O=C(O)O.[O-][Br+2]([O-])O. The van der Waals surface area contributed by atoms with Crippen LogP contribution in [0.1, 0.15) is 0 Å². The van der Waals surface area contributed by atoms with E-state index in [-0.39, 0.29) is 0 Å². The molecule has 0 fully saturated rings. The number of carbonyl (C=O) groups is 1. The van der Waals surface area contributed by atoms with E-state index in [4.69, 9.17) is 27.6 Å². The molecule has 0 aliphatic carbocycles. The summed E-state index contributed by atoms with van der Waals surface area (Å²) in [6.45, 7) is 0. The third kappa shape index (κ3) is 882. The van der Waals surface area contributed by atoms with Crippen LogP contribution in [0.4, 0.5) is 4.79 Å². The second-order valence-corrected chi connectivity index (χ2v) is 1.33. The van der Waals surface area contributed by atoms with Gasteiger partial charge in [0, 0.05) is 0 Å². The molecular formula is CH3BrO6. The van der Waals surface area contributed by atoms with Crippen molar-refractivity contribution in [1.29, 1.82) is 0 Å². The van der Waals surface area contributed by atoms with Crippen LogP contribution in [0, 0.1) is 14.8 Å². The van der Waals surface area contributed by atoms with Crippen LogP contribution in [0.5, 0.6) is 0 Å². The maximum atomic E-state index is 8.63. The Labute approximate surface area is 49.4 Å². The molecule has 6 nitrogen and oxygen atoms in total. The van der Waals surface area contributed by atoms with Crippen molar-refractivity contribution in [1.82, 2.24) is 0 Å². The molecule has 0 unspecified atom stereocenters. The molecule has 0 heterocycles. The third-order valence-electron chi connectivity index (χ3n) is 0. The highest BCUT2D eigenvalue weighted by atomic mass is 80.0. The third-order valence-corrected chi connectivity index (χ3v) is 0. The van der Waals surface area contributed by atoms with Gasteiger partial charge in [-0.3, -0.25) is 0 Å². The zero-order valence-corrected chi connectivity index (χ0v) is 5.03. The maximum absolute atomic E-state index is 8.63. The molecule has 0 bridgehead atoms. The number of hydrogen-bond donors (Lipinski definition) is 3. The number of hydrogen-bond acceptors (Lipinski definition) is 4. The Balaban J connectivity index is 0. The predicted octanol–water partition coefficient (Wildman–Crippen LogP) is -2.71. The Morgan fingerprint density at radius 1 is 1.38 bits per heavy atom. The smallest absolute Gasteiger partial charge is 0.450 e. The van der Waals surface area contributed by atoms with Gasteiger partial charge in [0.05, 0.1) is 0 Å². The van der Waals surface area contributed by atoms with Crippen molar-refractivity contribution in [2.24, 2.45) is 0 Å². The zero-order chi connectivity index (χ0) is 7.15. The van der Waals surface area contributed by atoms with Gasteiger partial charge in [-0.25, -0.2) is 4.79 Å². The fraction of sp³-hybridized carbons (Fsp3) is 0. The van der Waals surface area contributed by atoms with Crippen molar-refractivity contribution in [3.8, 4) is 0 Å². The van der Waals surface area contributed by atoms with Gasteiger partial charge >= 0.3 is 21.0 Å². The van der Waals surface area contributed by atoms with Gasteiger partial charge in [0.25, 0.3) is 0 Å². The first kappa shape index (κ1) is 10.6. The minimum absolute atomic E-state index is 1.83. The van der Waals surface area contributed by atoms with E-state index in [9.17, 15) is 0 Å². The summed E-state index contributed by atoms with van der Waals surface area (Å²) in [5.74, 6) is 0. The van der Waals surface area contributed by atoms with E-state index in [0.29, 0.717) is 0 Å². The number of carboxylic acid groups (broad SMARTS) is 2. The fourth-order valence-electron chi connectivity index (χ4n) is 0. The van der Waals surface area contributed by atoms with Crippen molar-refractivity contribution in [2.75, 3.05) is 0 Å². The van der Waals surface area contributed by atoms with Crippen LogP contribution in [0.2, 0.25) is 0 Å². The van der Waals surface area contributed by atoms with Gasteiger partial charge in [-0.2, -0.15) is 0 Å². The first-order chi connectivity index (χ1) is 3.46. The standard InChI is InChI=1S/CH2O3.BrHO3/c2*2-1(3)4/h(H2,2,3,4);2H. The molecule has 0 radical (unpaired) electrons. The van der Waals surface area contributed by atoms with E-state index in [1.54, 1.807) is 0 Å². The van der Waals surface area contributed by atoms with Crippen LogP contribution >= 0.6 is 0 Å². The largest absolute Gasteiger partial charge is 0.503 e. The first-order valence-electron chi connectivity index (χ1n) is 1.13. The molecule has 0 spiro atoms. The highest BCUT2D eigenvalue weighted by Crippen LogP contribution is 1.42. The van der Waals surface area contributed by atoms with Crippen molar-refractivity contribution in [3.05, 3.63) is 0 Å². The normalized spacial score (nSPS) is 7.50. The van der Waals surface area contributed by atoms with Crippen molar-refractivity contribution >= 4 is 6.16 Å². The molecule has 0 saturated carbocycles. The summed E-state index contributed by atoms with van der Waals surface area (Å²) >= 11 is -3.40. The van der Waals surface area contributed by atoms with E-state index in [1.165, 1.54) is 0 Å². The predicted molar refractivity (Wildman–Crippen MR) is 12.9 cm³/mol. The molecule has 0 aliphatic rings. The Bertz CT molecular complexity index is 52.8. The monoisotopic (exact) mass is 190 g/mol. The number of rotatable bonds is 0. The van der Waals surface area contributed by atoms with Crippen molar-refractivity contribution in [2.45, 2.75) is 0 Å². The van der Waals surface area contributed by atoms with E-state index in [0.717, 1.165) is 0 Å². The average molecular weight is 191 g/mol. The van der Waals surface area contributed by atoms with E-state index >= 15 is 0 Å². The summed E-state index contributed by atoms with van der Waals surface area (Å²) in [5.41, 5.74) is 0. The van der Waals surface area contributed by atoms with Crippen LogP contribution < -0.4 is 8.40 Å². The summed E-state index contributed by atoms with van der Waals surface area (Å²) in [5, 5.41) is 13.9. The quantitative estimate of drug-likeness (QED) is 0.382. The van der Waals surface area contributed by atoms with E-state index in [2.05, 4.69) is 0 Å². The van der Waals surface area contributed by atoms with E-state index < -0.39 is 21.0 Å². The summed E-state index contributed by atoms with van der Waals surface area (Å²) in [7, 11) is 0. The van der Waals surface area contributed by atoms with Gasteiger partial charge in [-0.05, 0) is 4.20 Å². The van der Waals surface area contributed by atoms with Gasteiger partial charge in [0.2, 0.25) is 0 Å². The minimum Gasteiger partial charge on any atom is -0.450 e. The molecule has 0 aliphatic heterocycles. The van der Waals surface area contributed by atoms with Gasteiger partial charge in [0.1, 0.15) is 0 Å². The Morgan fingerprint density at radius 2 is 1.38 bits per heavy atom. The van der Waals surface area contributed by atoms with Crippen molar-refractivity contribution < 1.29 is 42.4 Å². The van der Waals surface area contributed by atoms with Crippen LogP contribution in [-0.4, -0.2) is 20.6 Å². The van der Waals surface area contributed by atoms with Crippen molar-refractivity contribution in [3.63, 3.8) is 0 Å². The lowest BCUT2D eigenvalue weighted by atomic mass is 11.5. The summed E-state index contributed by atoms with van der Waals surface area (Å²) in [4.78, 5) is 8.56. The summed E-state index contributed by atoms with van der Waals surface area (Å²) < 4.78 is 24.3. The summed E-state index contributed by atoms with van der Waals surface area (Å²) in [6.07, 6.45) is -1.83. The molecule has 3 N–H and O–H groups in total. The molecule has 50 valence electrons. The molecule has 0 amide bonds. The van der Waals surface area contributed by atoms with Gasteiger partial charge < -0.3 is 18.6 Å². The van der Waals surface area contributed by atoms with E-state index in [1.807, 2.05) is 0 Å². The Morgan fingerprint density at radius 3 is 1.38 bits per heavy atom. The zero-order valence-electron chi connectivity index (χ0n) is 3.44. The maximum Gasteiger partial charge on any atom is 0.503 e. The number of halogens is 1. The van der Waals surface area contributed by atoms with Gasteiger partial charge in [-0.15, -0.1) is 0 Å². The molecule has 0 aromatic rings. The summed E-state index contributed by atoms with van der Waals surface area (Å²) in [6, 6.07) is 0. The molecule has 0 aromatic carbocycles. The molecular weight excluding hydrogens is 188 g/mol. The van der Waals surface area contributed by atoms with Crippen LogP contribution in [-0.2, 0) is 0 Å². The first-order valence-corrected chi connectivity index (χ1v) is 3.13. The second-order valence-electron chi connectivity index (χ2n) is 0.484. The molecule has 7 heteroatoms. The van der Waals surface area contributed by atoms with Gasteiger partial charge in [-0.1, -0.05) is 0 Å². The average Bonchev–Trinajstić information content (AvgIpc) is 1.25. The minimum atomic E-state index is -3.40. The highest BCUT2D eigenvalue weighted by Gasteiger charge is 1.86. The second kappa shape index (κ2) is 6.63. The Hall–Kier alpha value is -0.370. The van der Waals surface area contributed by atoms with Gasteiger partial charge in [0.15, 0.2) is 0 Å². The van der Waals surface area contributed by atoms with Crippen LogP contribution in [0.15, 0.2) is 0 Å². The molecule has 8 heavy (non-hydrogen) atoms. The fourth-order valence-corrected chi connectivity index (χ4v) is 0. The van der Waals surface area contributed by atoms with Crippen LogP contribution in [0.3, 0.4) is 0 Å². The topological polar surface area (TPSA) is 124 Å². The lowest BCUT2D eigenvalue weighted by molar-refractivity contribution is -1.63. The molecule has 0 atom stereocenters. The highest BCUT2D eigenvalue weighted by molar-refractivity contribution is 5.53. The molecule has 0 rings (SSSR count). The van der Waals surface area contributed by atoms with Crippen LogP contribution in [0.25, 0.3) is 0 Å².